The monoisotopic (exact) mass is 318 g/mol. The van der Waals surface area contributed by atoms with E-state index in [1.54, 1.807) is 0 Å². The first-order valence-corrected chi connectivity index (χ1v) is 6.82. The number of para-hydroxylation sites is 1. The molecule has 4 heteroatoms. The molecule has 3 nitrogen and oxygen atoms in total. The van der Waals surface area contributed by atoms with Crippen molar-refractivity contribution < 1.29 is 4.79 Å². The maximum atomic E-state index is 11.8. The molecular formula is C15H15BrN2O. The summed E-state index contributed by atoms with van der Waals surface area (Å²) in [6, 6.07) is 17.0. The standard InChI is InChI=1S/C15H15BrN2O/c1-11(12-7-9-13(16)10-8-12)17-15(19)18-14-5-3-2-4-6-14/h2-11H,1H3,(H2,17,18,19). The zero-order valence-electron chi connectivity index (χ0n) is 10.6. The van der Waals surface area contributed by atoms with Crippen molar-refractivity contribution in [1.82, 2.24) is 5.32 Å². The van der Waals surface area contributed by atoms with E-state index in [4.69, 9.17) is 0 Å². The molecule has 0 spiro atoms. The lowest BCUT2D eigenvalue weighted by molar-refractivity contribution is 0.249. The van der Waals surface area contributed by atoms with Crippen molar-refractivity contribution in [2.24, 2.45) is 0 Å². The summed E-state index contributed by atoms with van der Waals surface area (Å²) >= 11 is 3.39. The van der Waals surface area contributed by atoms with Gasteiger partial charge in [0.25, 0.3) is 0 Å². The minimum Gasteiger partial charge on any atom is -0.331 e. The minimum absolute atomic E-state index is 0.0446. The topological polar surface area (TPSA) is 41.1 Å². The average molecular weight is 319 g/mol. The van der Waals surface area contributed by atoms with Gasteiger partial charge in [-0.2, -0.15) is 0 Å². The van der Waals surface area contributed by atoms with E-state index < -0.39 is 0 Å². The number of carbonyl (C=O) groups is 1. The van der Waals surface area contributed by atoms with Crippen LogP contribution in [0.2, 0.25) is 0 Å². The highest BCUT2D eigenvalue weighted by molar-refractivity contribution is 9.10. The van der Waals surface area contributed by atoms with Crippen LogP contribution in [0.1, 0.15) is 18.5 Å². The SMILES string of the molecule is CC(NC(=O)Nc1ccccc1)c1ccc(Br)cc1. The first kappa shape index (κ1) is 13.6. The van der Waals surface area contributed by atoms with Crippen LogP contribution in [-0.2, 0) is 0 Å². The lowest BCUT2D eigenvalue weighted by Gasteiger charge is -2.15. The van der Waals surface area contributed by atoms with Crippen LogP contribution in [0.5, 0.6) is 0 Å². The van der Waals surface area contributed by atoms with Crippen LogP contribution in [-0.4, -0.2) is 6.03 Å². The number of carbonyl (C=O) groups excluding carboxylic acids is 1. The second-order valence-electron chi connectivity index (χ2n) is 4.24. The third-order valence-electron chi connectivity index (χ3n) is 2.75. The van der Waals surface area contributed by atoms with Crippen LogP contribution in [0.15, 0.2) is 59.1 Å². The molecule has 1 unspecified atom stereocenters. The molecule has 2 rings (SSSR count). The summed E-state index contributed by atoms with van der Waals surface area (Å²) in [4.78, 5) is 11.8. The molecule has 0 saturated heterocycles. The van der Waals surface area contributed by atoms with Crippen molar-refractivity contribution in [3.63, 3.8) is 0 Å². The van der Waals surface area contributed by atoms with Crippen molar-refractivity contribution in [2.75, 3.05) is 5.32 Å². The average Bonchev–Trinajstić information content (AvgIpc) is 2.40. The summed E-state index contributed by atoms with van der Waals surface area (Å²) in [6.07, 6.45) is 0. The molecule has 19 heavy (non-hydrogen) atoms. The molecule has 2 N–H and O–H groups in total. The summed E-state index contributed by atoms with van der Waals surface area (Å²) < 4.78 is 1.03. The fourth-order valence-corrected chi connectivity index (χ4v) is 1.98. The summed E-state index contributed by atoms with van der Waals surface area (Å²) in [6.45, 7) is 1.95. The highest BCUT2D eigenvalue weighted by Crippen LogP contribution is 2.16. The van der Waals surface area contributed by atoms with Crippen LogP contribution in [0, 0.1) is 0 Å². The van der Waals surface area contributed by atoms with E-state index in [0.29, 0.717) is 0 Å². The maximum Gasteiger partial charge on any atom is 0.319 e. The number of urea groups is 1. The van der Waals surface area contributed by atoms with Crippen molar-refractivity contribution in [2.45, 2.75) is 13.0 Å². The lowest BCUT2D eigenvalue weighted by atomic mass is 10.1. The molecule has 0 bridgehead atoms. The number of amides is 2. The Morgan fingerprint density at radius 1 is 1.05 bits per heavy atom. The van der Waals surface area contributed by atoms with Crippen molar-refractivity contribution in [3.8, 4) is 0 Å². The van der Waals surface area contributed by atoms with Gasteiger partial charge in [-0.05, 0) is 36.8 Å². The molecule has 0 aliphatic rings. The van der Waals surface area contributed by atoms with Crippen LogP contribution in [0.4, 0.5) is 10.5 Å². The molecular weight excluding hydrogens is 304 g/mol. The largest absolute Gasteiger partial charge is 0.331 e. The van der Waals surface area contributed by atoms with E-state index >= 15 is 0 Å². The smallest absolute Gasteiger partial charge is 0.319 e. The van der Waals surface area contributed by atoms with Crippen LogP contribution in [0.3, 0.4) is 0 Å². The van der Waals surface area contributed by atoms with Crippen LogP contribution >= 0.6 is 15.9 Å². The summed E-state index contributed by atoms with van der Waals surface area (Å²) in [5.41, 5.74) is 1.84. The number of nitrogens with one attached hydrogen (secondary N) is 2. The molecule has 0 aliphatic heterocycles. The Hall–Kier alpha value is -1.81. The molecule has 2 aromatic carbocycles. The highest BCUT2D eigenvalue weighted by Gasteiger charge is 2.09. The molecule has 0 aliphatic carbocycles. The number of halogens is 1. The molecule has 0 radical (unpaired) electrons. The van der Waals surface area contributed by atoms with Gasteiger partial charge in [0, 0.05) is 10.2 Å². The van der Waals surface area contributed by atoms with Crippen LogP contribution in [0.25, 0.3) is 0 Å². The van der Waals surface area contributed by atoms with Gasteiger partial charge >= 0.3 is 6.03 Å². The van der Waals surface area contributed by atoms with Gasteiger partial charge in [-0.25, -0.2) is 4.79 Å². The quantitative estimate of drug-likeness (QED) is 0.868. The Labute approximate surface area is 121 Å². The highest BCUT2D eigenvalue weighted by atomic mass is 79.9. The van der Waals surface area contributed by atoms with E-state index in [1.165, 1.54) is 0 Å². The van der Waals surface area contributed by atoms with Crippen molar-refractivity contribution in [1.29, 1.82) is 0 Å². The Morgan fingerprint density at radius 2 is 1.68 bits per heavy atom. The van der Waals surface area contributed by atoms with E-state index in [-0.39, 0.29) is 12.1 Å². The summed E-state index contributed by atoms with van der Waals surface area (Å²) in [5, 5.41) is 5.69. The second-order valence-corrected chi connectivity index (χ2v) is 5.15. The Morgan fingerprint density at radius 3 is 2.32 bits per heavy atom. The van der Waals surface area contributed by atoms with Gasteiger partial charge in [-0.15, -0.1) is 0 Å². The van der Waals surface area contributed by atoms with Crippen LogP contribution < -0.4 is 10.6 Å². The zero-order valence-corrected chi connectivity index (χ0v) is 12.1. The van der Waals surface area contributed by atoms with E-state index in [0.717, 1.165) is 15.7 Å². The third kappa shape index (κ3) is 4.10. The third-order valence-corrected chi connectivity index (χ3v) is 3.28. The zero-order chi connectivity index (χ0) is 13.7. The van der Waals surface area contributed by atoms with Gasteiger partial charge in [0.05, 0.1) is 6.04 Å². The molecule has 0 heterocycles. The molecule has 2 aromatic rings. The predicted molar refractivity (Wildman–Crippen MR) is 81.2 cm³/mol. The first-order valence-electron chi connectivity index (χ1n) is 6.03. The first-order chi connectivity index (χ1) is 9.15. The molecule has 1 atom stereocenters. The van der Waals surface area contributed by atoms with E-state index in [2.05, 4.69) is 26.6 Å². The van der Waals surface area contributed by atoms with Gasteiger partial charge in [0.1, 0.15) is 0 Å². The van der Waals surface area contributed by atoms with Gasteiger partial charge in [0.15, 0.2) is 0 Å². The van der Waals surface area contributed by atoms with Gasteiger partial charge < -0.3 is 10.6 Å². The number of hydrogen-bond acceptors (Lipinski definition) is 1. The molecule has 2 amide bonds. The Kier molecular flexibility index (Phi) is 4.58. The van der Waals surface area contributed by atoms with E-state index in [1.807, 2.05) is 61.5 Å². The summed E-state index contributed by atoms with van der Waals surface area (Å²) in [7, 11) is 0. The Bertz CT molecular complexity index is 540. The second kappa shape index (κ2) is 6.38. The minimum atomic E-state index is -0.207. The van der Waals surface area contributed by atoms with E-state index in [9.17, 15) is 4.79 Å². The number of hydrogen-bond donors (Lipinski definition) is 2. The lowest BCUT2D eigenvalue weighted by Crippen LogP contribution is -2.31. The number of benzene rings is 2. The Balaban J connectivity index is 1.93. The maximum absolute atomic E-state index is 11.8. The molecule has 98 valence electrons. The molecule has 0 saturated carbocycles. The fraction of sp³-hybridized carbons (Fsp3) is 0.133. The van der Waals surface area contributed by atoms with Gasteiger partial charge in [0.2, 0.25) is 0 Å². The summed E-state index contributed by atoms with van der Waals surface area (Å²) in [5.74, 6) is 0. The number of rotatable bonds is 3. The molecule has 0 fully saturated rings. The number of anilines is 1. The van der Waals surface area contributed by atoms with Crippen molar-refractivity contribution >= 4 is 27.6 Å². The van der Waals surface area contributed by atoms with Gasteiger partial charge in [-0.3, -0.25) is 0 Å². The molecule has 0 aromatic heterocycles. The normalized spacial score (nSPS) is 11.7. The predicted octanol–water partition coefficient (Wildman–Crippen LogP) is 4.33. The van der Waals surface area contributed by atoms with Gasteiger partial charge in [-0.1, -0.05) is 46.3 Å². The van der Waals surface area contributed by atoms with Crippen molar-refractivity contribution in [3.05, 3.63) is 64.6 Å². The fourth-order valence-electron chi connectivity index (χ4n) is 1.72.